The van der Waals surface area contributed by atoms with Crippen molar-refractivity contribution in [3.8, 4) is 0 Å². The molecule has 1 aromatic carbocycles. The molecule has 0 bridgehead atoms. The summed E-state index contributed by atoms with van der Waals surface area (Å²) in [4.78, 5) is 14.0. The van der Waals surface area contributed by atoms with E-state index in [1.54, 1.807) is 0 Å². The zero-order valence-electron chi connectivity index (χ0n) is 11.2. The SMILES string of the molecule is Cc1ccccc1[C@@H]1C[C@@H](C)N(C(=O)CCN)C1. The van der Waals surface area contributed by atoms with Crippen molar-refractivity contribution in [2.45, 2.75) is 38.6 Å². The monoisotopic (exact) mass is 246 g/mol. The molecular formula is C15H22N2O. The highest BCUT2D eigenvalue weighted by Crippen LogP contribution is 2.33. The van der Waals surface area contributed by atoms with Crippen molar-refractivity contribution in [3.63, 3.8) is 0 Å². The van der Waals surface area contributed by atoms with Gasteiger partial charge in [-0.25, -0.2) is 0 Å². The molecule has 1 heterocycles. The lowest BCUT2D eigenvalue weighted by Crippen LogP contribution is -2.35. The average Bonchev–Trinajstić information content (AvgIpc) is 2.72. The molecule has 1 aromatic rings. The number of nitrogens with zero attached hydrogens (tertiary/aromatic N) is 1. The van der Waals surface area contributed by atoms with E-state index in [1.165, 1.54) is 11.1 Å². The van der Waals surface area contributed by atoms with Crippen LogP contribution in [0.3, 0.4) is 0 Å². The topological polar surface area (TPSA) is 46.3 Å². The molecule has 2 rings (SSSR count). The van der Waals surface area contributed by atoms with Crippen molar-refractivity contribution in [3.05, 3.63) is 35.4 Å². The van der Waals surface area contributed by atoms with E-state index in [-0.39, 0.29) is 5.91 Å². The molecule has 18 heavy (non-hydrogen) atoms. The van der Waals surface area contributed by atoms with Crippen LogP contribution in [0.25, 0.3) is 0 Å². The zero-order chi connectivity index (χ0) is 13.1. The highest BCUT2D eigenvalue weighted by Gasteiger charge is 2.33. The fourth-order valence-corrected chi connectivity index (χ4v) is 2.92. The van der Waals surface area contributed by atoms with Gasteiger partial charge in [-0.1, -0.05) is 24.3 Å². The molecule has 1 fully saturated rings. The molecule has 0 spiro atoms. The van der Waals surface area contributed by atoms with Gasteiger partial charge in [0.25, 0.3) is 0 Å². The minimum absolute atomic E-state index is 0.195. The Morgan fingerprint density at radius 3 is 2.83 bits per heavy atom. The standard InChI is InChI=1S/C15H22N2O/c1-11-5-3-4-6-14(11)13-9-12(2)17(10-13)15(18)7-8-16/h3-6,12-13H,7-10,16H2,1-2H3/t12-,13-/m1/s1. The third-order valence-electron chi connectivity index (χ3n) is 3.88. The van der Waals surface area contributed by atoms with Crippen LogP contribution in [0.2, 0.25) is 0 Å². The van der Waals surface area contributed by atoms with Crippen molar-refractivity contribution in [2.24, 2.45) is 5.73 Å². The number of hydrogen-bond acceptors (Lipinski definition) is 2. The van der Waals surface area contributed by atoms with Gasteiger partial charge in [0, 0.05) is 31.5 Å². The predicted octanol–water partition coefficient (Wildman–Crippen LogP) is 2.05. The maximum absolute atomic E-state index is 12.0. The van der Waals surface area contributed by atoms with E-state index >= 15 is 0 Å². The number of carbonyl (C=O) groups excluding carboxylic acids is 1. The Labute approximate surface area is 109 Å². The number of rotatable bonds is 3. The van der Waals surface area contributed by atoms with Gasteiger partial charge in [0.1, 0.15) is 0 Å². The van der Waals surface area contributed by atoms with Gasteiger partial charge in [0.2, 0.25) is 5.91 Å². The summed E-state index contributed by atoms with van der Waals surface area (Å²) < 4.78 is 0. The Bertz CT molecular complexity index is 430. The number of amides is 1. The summed E-state index contributed by atoms with van der Waals surface area (Å²) >= 11 is 0. The van der Waals surface area contributed by atoms with Gasteiger partial charge in [-0.05, 0) is 31.4 Å². The summed E-state index contributed by atoms with van der Waals surface area (Å²) in [5.41, 5.74) is 8.17. The van der Waals surface area contributed by atoms with Crippen molar-refractivity contribution >= 4 is 5.91 Å². The highest BCUT2D eigenvalue weighted by atomic mass is 16.2. The normalized spacial score (nSPS) is 23.4. The van der Waals surface area contributed by atoms with Crippen molar-refractivity contribution in [1.29, 1.82) is 0 Å². The van der Waals surface area contributed by atoms with Gasteiger partial charge >= 0.3 is 0 Å². The van der Waals surface area contributed by atoms with E-state index < -0.39 is 0 Å². The summed E-state index contributed by atoms with van der Waals surface area (Å²) in [6.45, 7) is 5.55. The Kier molecular flexibility index (Phi) is 4.02. The van der Waals surface area contributed by atoms with E-state index in [0.29, 0.717) is 24.9 Å². The minimum Gasteiger partial charge on any atom is -0.339 e. The largest absolute Gasteiger partial charge is 0.339 e. The average molecular weight is 246 g/mol. The van der Waals surface area contributed by atoms with Gasteiger partial charge in [-0.15, -0.1) is 0 Å². The molecule has 0 saturated carbocycles. The van der Waals surface area contributed by atoms with E-state index in [0.717, 1.165) is 13.0 Å². The Hall–Kier alpha value is -1.35. The molecule has 0 unspecified atom stereocenters. The maximum Gasteiger partial charge on any atom is 0.224 e. The van der Waals surface area contributed by atoms with E-state index in [4.69, 9.17) is 5.73 Å². The molecule has 2 N–H and O–H groups in total. The quantitative estimate of drug-likeness (QED) is 0.887. The molecule has 1 saturated heterocycles. The Balaban J connectivity index is 2.11. The van der Waals surface area contributed by atoms with Crippen LogP contribution in [0.4, 0.5) is 0 Å². The minimum atomic E-state index is 0.195. The summed E-state index contributed by atoms with van der Waals surface area (Å²) in [6.07, 6.45) is 1.52. The first-order valence-corrected chi connectivity index (χ1v) is 6.68. The van der Waals surface area contributed by atoms with Crippen LogP contribution in [-0.4, -0.2) is 29.9 Å². The lowest BCUT2D eigenvalue weighted by molar-refractivity contribution is -0.131. The lowest BCUT2D eigenvalue weighted by atomic mass is 9.93. The zero-order valence-corrected chi connectivity index (χ0v) is 11.2. The van der Waals surface area contributed by atoms with Gasteiger partial charge in [-0.2, -0.15) is 0 Å². The third kappa shape index (κ3) is 2.56. The van der Waals surface area contributed by atoms with Gasteiger partial charge in [-0.3, -0.25) is 4.79 Å². The first kappa shape index (κ1) is 13.1. The second-order valence-corrected chi connectivity index (χ2v) is 5.22. The lowest BCUT2D eigenvalue weighted by Gasteiger charge is -2.21. The molecule has 0 aliphatic carbocycles. The molecule has 1 aliphatic heterocycles. The summed E-state index contributed by atoms with van der Waals surface area (Å²) in [7, 11) is 0. The highest BCUT2D eigenvalue weighted by molar-refractivity contribution is 5.77. The second-order valence-electron chi connectivity index (χ2n) is 5.22. The molecule has 3 heteroatoms. The number of carbonyl (C=O) groups is 1. The van der Waals surface area contributed by atoms with E-state index in [1.807, 2.05) is 4.90 Å². The second kappa shape index (κ2) is 5.53. The molecule has 1 amide bonds. The molecule has 1 aliphatic rings. The predicted molar refractivity (Wildman–Crippen MR) is 73.4 cm³/mol. The van der Waals surface area contributed by atoms with Crippen LogP contribution in [0.15, 0.2) is 24.3 Å². The number of nitrogens with two attached hydrogens (primary N) is 1. The summed E-state index contributed by atoms with van der Waals surface area (Å²) in [6, 6.07) is 8.80. The first-order chi connectivity index (χ1) is 8.63. The Morgan fingerprint density at radius 1 is 1.44 bits per heavy atom. The van der Waals surface area contributed by atoms with Crippen LogP contribution < -0.4 is 5.73 Å². The number of likely N-dealkylation sites (tertiary alicyclic amines) is 1. The maximum atomic E-state index is 12.0. The summed E-state index contributed by atoms with van der Waals surface area (Å²) in [5.74, 6) is 0.670. The van der Waals surface area contributed by atoms with Gasteiger partial charge < -0.3 is 10.6 Å². The molecular weight excluding hydrogens is 224 g/mol. The van der Waals surface area contributed by atoms with Crippen molar-refractivity contribution in [1.82, 2.24) is 4.90 Å². The van der Waals surface area contributed by atoms with Gasteiger partial charge in [0.05, 0.1) is 0 Å². The van der Waals surface area contributed by atoms with Crippen LogP contribution in [-0.2, 0) is 4.79 Å². The number of benzene rings is 1. The van der Waals surface area contributed by atoms with Crippen molar-refractivity contribution < 1.29 is 4.79 Å². The van der Waals surface area contributed by atoms with Gasteiger partial charge in [0.15, 0.2) is 0 Å². The fraction of sp³-hybridized carbons (Fsp3) is 0.533. The number of aryl methyl sites for hydroxylation is 1. The van der Waals surface area contributed by atoms with Crippen LogP contribution in [0.5, 0.6) is 0 Å². The number of hydrogen-bond donors (Lipinski definition) is 1. The molecule has 98 valence electrons. The Morgan fingerprint density at radius 2 is 2.17 bits per heavy atom. The first-order valence-electron chi connectivity index (χ1n) is 6.68. The van der Waals surface area contributed by atoms with Crippen LogP contribution in [0.1, 0.15) is 36.8 Å². The third-order valence-corrected chi connectivity index (χ3v) is 3.88. The molecule has 2 atom stereocenters. The van der Waals surface area contributed by atoms with Crippen LogP contribution >= 0.6 is 0 Å². The summed E-state index contributed by atoms with van der Waals surface area (Å²) in [5, 5.41) is 0. The van der Waals surface area contributed by atoms with Crippen LogP contribution in [0, 0.1) is 6.92 Å². The molecule has 3 nitrogen and oxygen atoms in total. The smallest absolute Gasteiger partial charge is 0.224 e. The van der Waals surface area contributed by atoms with E-state index in [2.05, 4.69) is 38.1 Å². The van der Waals surface area contributed by atoms with Crippen molar-refractivity contribution in [2.75, 3.05) is 13.1 Å². The van der Waals surface area contributed by atoms with E-state index in [9.17, 15) is 4.79 Å². The molecule has 0 radical (unpaired) electrons. The molecule has 0 aromatic heterocycles. The fourth-order valence-electron chi connectivity index (χ4n) is 2.92.